The molecule has 0 spiro atoms. The lowest BCUT2D eigenvalue weighted by atomic mass is 10.2. The van der Waals surface area contributed by atoms with Crippen LogP contribution in [0.3, 0.4) is 0 Å². The molecule has 19 heavy (non-hydrogen) atoms. The van der Waals surface area contributed by atoms with Crippen molar-refractivity contribution in [3.63, 3.8) is 0 Å². The maximum Gasteiger partial charge on any atom is 0.193 e. The molecule has 1 aromatic rings. The highest BCUT2D eigenvalue weighted by Crippen LogP contribution is 2.10. The highest BCUT2D eigenvalue weighted by atomic mass is 127. The number of nitrogens with zero attached hydrogens (tertiary/aromatic N) is 2. The van der Waals surface area contributed by atoms with Gasteiger partial charge in [0.05, 0.1) is 0 Å². The number of benzene rings is 1. The Labute approximate surface area is 138 Å². The van der Waals surface area contributed by atoms with Crippen LogP contribution in [0.25, 0.3) is 0 Å². The van der Waals surface area contributed by atoms with Gasteiger partial charge in [-0.15, -0.1) is 24.0 Å². The van der Waals surface area contributed by atoms with Crippen molar-refractivity contribution in [3.8, 4) is 0 Å². The molecule has 0 aliphatic carbocycles. The third-order valence-electron chi connectivity index (χ3n) is 2.51. The molecule has 0 aromatic heterocycles. The van der Waals surface area contributed by atoms with E-state index in [0.717, 1.165) is 37.0 Å². The van der Waals surface area contributed by atoms with Gasteiger partial charge in [0.1, 0.15) is 0 Å². The molecule has 0 unspecified atom stereocenters. The third kappa shape index (κ3) is 7.01. The molecule has 0 atom stereocenters. The predicted octanol–water partition coefficient (Wildman–Crippen LogP) is 3.77. The Balaban J connectivity index is 0.00000324. The molecule has 0 saturated carbocycles. The molecule has 5 heteroatoms. The number of aliphatic imine (C=N–C) groups is 1. The largest absolute Gasteiger partial charge is 0.357 e. The van der Waals surface area contributed by atoms with Crippen LogP contribution in [-0.4, -0.2) is 31.0 Å². The van der Waals surface area contributed by atoms with E-state index in [-0.39, 0.29) is 24.0 Å². The second kappa shape index (κ2) is 10.3. The maximum absolute atomic E-state index is 5.88. The minimum absolute atomic E-state index is 0. The van der Waals surface area contributed by atoms with E-state index in [0.29, 0.717) is 0 Å². The molecule has 1 N–H and O–H groups in total. The Morgan fingerprint density at radius 1 is 1.26 bits per heavy atom. The number of hydrogen-bond acceptors (Lipinski definition) is 1. The fourth-order valence-electron chi connectivity index (χ4n) is 1.63. The SMILES string of the molecule is CCCN=C(NCC)N(C)Cc1ccc(Cl)cc1.I. The van der Waals surface area contributed by atoms with Crippen molar-refractivity contribution in [2.45, 2.75) is 26.8 Å². The van der Waals surface area contributed by atoms with E-state index in [9.17, 15) is 0 Å². The lowest BCUT2D eigenvalue weighted by molar-refractivity contribution is 0.477. The van der Waals surface area contributed by atoms with Gasteiger partial charge in [0.25, 0.3) is 0 Å². The second-order valence-corrected chi connectivity index (χ2v) is 4.65. The summed E-state index contributed by atoms with van der Waals surface area (Å²) in [6, 6.07) is 7.92. The van der Waals surface area contributed by atoms with Gasteiger partial charge in [0.15, 0.2) is 5.96 Å². The molecular weight excluding hydrogens is 373 g/mol. The summed E-state index contributed by atoms with van der Waals surface area (Å²) in [6.07, 6.45) is 1.06. The molecule has 0 amide bonds. The van der Waals surface area contributed by atoms with Crippen LogP contribution >= 0.6 is 35.6 Å². The maximum atomic E-state index is 5.88. The number of hydrogen-bond donors (Lipinski definition) is 1. The molecule has 1 rings (SSSR count). The third-order valence-corrected chi connectivity index (χ3v) is 2.77. The van der Waals surface area contributed by atoms with Crippen molar-refractivity contribution >= 4 is 41.5 Å². The van der Waals surface area contributed by atoms with E-state index >= 15 is 0 Å². The standard InChI is InChI=1S/C14H22ClN3.HI/c1-4-10-17-14(16-5-2)18(3)11-12-6-8-13(15)9-7-12;/h6-9H,4-5,10-11H2,1-3H3,(H,16,17);1H. The first-order valence-corrected chi connectivity index (χ1v) is 6.79. The van der Waals surface area contributed by atoms with Gasteiger partial charge in [0, 0.05) is 31.7 Å². The molecule has 108 valence electrons. The van der Waals surface area contributed by atoms with E-state index in [1.165, 1.54) is 5.56 Å². The number of guanidine groups is 1. The Bertz CT molecular complexity index is 379. The van der Waals surface area contributed by atoms with Crippen molar-refractivity contribution in [1.82, 2.24) is 10.2 Å². The molecule has 0 heterocycles. The Kier molecular flexibility index (Phi) is 10.0. The summed E-state index contributed by atoms with van der Waals surface area (Å²) in [5.74, 6) is 0.953. The molecule has 0 saturated heterocycles. The van der Waals surface area contributed by atoms with Gasteiger partial charge < -0.3 is 10.2 Å². The van der Waals surface area contributed by atoms with Gasteiger partial charge in [-0.3, -0.25) is 4.99 Å². The summed E-state index contributed by atoms with van der Waals surface area (Å²) in [7, 11) is 2.05. The van der Waals surface area contributed by atoms with Crippen molar-refractivity contribution in [2.24, 2.45) is 4.99 Å². The van der Waals surface area contributed by atoms with Crippen LogP contribution in [0.2, 0.25) is 5.02 Å². The van der Waals surface area contributed by atoms with Crippen molar-refractivity contribution in [3.05, 3.63) is 34.9 Å². The zero-order valence-electron chi connectivity index (χ0n) is 11.8. The average Bonchev–Trinajstić information content (AvgIpc) is 2.37. The van der Waals surface area contributed by atoms with E-state index in [1.807, 2.05) is 31.3 Å². The highest BCUT2D eigenvalue weighted by Gasteiger charge is 2.05. The zero-order chi connectivity index (χ0) is 13.4. The normalized spacial score (nSPS) is 10.8. The lowest BCUT2D eigenvalue weighted by Gasteiger charge is -2.22. The molecule has 3 nitrogen and oxygen atoms in total. The molecule has 0 bridgehead atoms. The highest BCUT2D eigenvalue weighted by molar-refractivity contribution is 14.0. The van der Waals surface area contributed by atoms with E-state index in [4.69, 9.17) is 11.6 Å². The second-order valence-electron chi connectivity index (χ2n) is 4.22. The van der Waals surface area contributed by atoms with Crippen LogP contribution in [0.1, 0.15) is 25.8 Å². The summed E-state index contributed by atoms with van der Waals surface area (Å²) in [5.41, 5.74) is 1.23. The van der Waals surface area contributed by atoms with Gasteiger partial charge in [-0.1, -0.05) is 30.7 Å². The summed E-state index contributed by atoms with van der Waals surface area (Å²) < 4.78 is 0. The van der Waals surface area contributed by atoms with Crippen LogP contribution < -0.4 is 5.32 Å². The van der Waals surface area contributed by atoms with Crippen molar-refractivity contribution in [2.75, 3.05) is 20.1 Å². The van der Waals surface area contributed by atoms with Gasteiger partial charge in [-0.2, -0.15) is 0 Å². The fraction of sp³-hybridized carbons (Fsp3) is 0.500. The summed E-state index contributed by atoms with van der Waals surface area (Å²) in [5, 5.41) is 4.07. The lowest BCUT2D eigenvalue weighted by Crippen LogP contribution is -2.38. The molecule has 1 aromatic carbocycles. The molecule has 0 aliphatic heterocycles. The smallest absolute Gasteiger partial charge is 0.193 e. The average molecular weight is 396 g/mol. The van der Waals surface area contributed by atoms with Crippen LogP contribution in [0, 0.1) is 0 Å². The first-order chi connectivity index (χ1) is 8.67. The first-order valence-electron chi connectivity index (χ1n) is 6.41. The van der Waals surface area contributed by atoms with E-state index in [2.05, 4.69) is 29.1 Å². The van der Waals surface area contributed by atoms with Crippen molar-refractivity contribution < 1.29 is 0 Å². The quantitative estimate of drug-likeness (QED) is 0.467. The van der Waals surface area contributed by atoms with Crippen LogP contribution in [0.5, 0.6) is 0 Å². The molecular formula is C14H23ClIN3. The van der Waals surface area contributed by atoms with E-state index in [1.54, 1.807) is 0 Å². The summed E-state index contributed by atoms with van der Waals surface area (Å²) in [6.45, 7) is 6.78. The van der Waals surface area contributed by atoms with Gasteiger partial charge in [-0.25, -0.2) is 0 Å². The Hall–Kier alpha value is -0.490. The van der Waals surface area contributed by atoms with Gasteiger partial charge >= 0.3 is 0 Å². The van der Waals surface area contributed by atoms with Crippen LogP contribution in [0.4, 0.5) is 0 Å². The predicted molar refractivity (Wildman–Crippen MR) is 94.6 cm³/mol. The fourth-order valence-corrected chi connectivity index (χ4v) is 1.75. The first kappa shape index (κ1) is 18.5. The van der Waals surface area contributed by atoms with E-state index < -0.39 is 0 Å². The Morgan fingerprint density at radius 3 is 2.42 bits per heavy atom. The summed E-state index contributed by atoms with van der Waals surface area (Å²) >= 11 is 5.88. The Morgan fingerprint density at radius 2 is 1.89 bits per heavy atom. The van der Waals surface area contributed by atoms with Crippen molar-refractivity contribution in [1.29, 1.82) is 0 Å². The van der Waals surface area contributed by atoms with Gasteiger partial charge in [-0.05, 0) is 31.0 Å². The zero-order valence-corrected chi connectivity index (χ0v) is 14.9. The monoisotopic (exact) mass is 395 g/mol. The number of halogens is 2. The summed E-state index contributed by atoms with van der Waals surface area (Å²) in [4.78, 5) is 6.68. The molecule has 0 aliphatic rings. The molecule has 0 fully saturated rings. The topological polar surface area (TPSA) is 27.6 Å². The van der Waals surface area contributed by atoms with Crippen LogP contribution in [0.15, 0.2) is 29.3 Å². The number of nitrogens with one attached hydrogen (secondary N) is 1. The minimum Gasteiger partial charge on any atom is -0.357 e. The van der Waals surface area contributed by atoms with Crippen LogP contribution in [-0.2, 0) is 6.54 Å². The minimum atomic E-state index is 0. The molecule has 0 radical (unpaired) electrons. The van der Waals surface area contributed by atoms with Gasteiger partial charge in [0.2, 0.25) is 0 Å². The number of rotatable bonds is 5.